The molecule has 1 aliphatic rings. The summed E-state index contributed by atoms with van der Waals surface area (Å²) in [4.78, 5) is 21.3. The molecule has 192 valence electrons. The number of ketones is 1. The van der Waals surface area contributed by atoms with Crippen molar-refractivity contribution in [3.63, 3.8) is 0 Å². The lowest BCUT2D eigenvalue weighted by molar-refractivity contribution is -0.154. The lowest BCUT2D eigenvalue weighted by Crippen LogP contribution is -2.25. The Balaban J connectivity index is 1.49. The Kier molecular flexibility index (Phi) is 8.18. The predicted octanol–water partition coefficient (Wildman–Crippen LogP) is 6.33. The number of rotatable bonds is 9. The van der Waals surface area contributed by atoms with Gasteiger partial charge in [0, 0.05) is 37.3 Å². The molecule has 0 N–H and O–H groups in total. The van der Waals surface area contributed by atoms with E-state index in [4.69, 9.17) is 4.74 Å². The maximum atomic E-state index is 14.6. The van der Waals surface area contributed by atoms with Crippen LogP contribution in [-0.4, -0.2) is 41.7 Å². The largest absolute Gasteiger partial charge is 0.468 e. The second-order valence-electron chi connectivity index (χ2n) is 9.30. The molecule has 0 aliphatic carbocycles. The SMILES string of the molecule is C[C@H]1COCCC1CCCC(=O)c1cc(Cc2ccc(OCC(F)(F)F)nc2)c2cccc(F)c2n1. The summed E-state index contributed by atoms with van der Waals surface area (Å²) in [5, 5.41) is 0.569. The lowest BCUT2D eigenvalue weighted by Gasteiger charge is -2.28. The van der Waals surface area contributed by atoms with Crippen molar-refractivity contribution in [1.29, 1.82) is 0 Å². The molecule has 5 nitrogen and oxygen atoms in total. The van der Waals surface area contributed by atoms with E-state index in [1.807, 2.05) is 0 Å². The van der Waals surface area contributed by atoms with Crippen LogP contribution < -0.4 is 4.74 Å². The van der Waals surface area contributed by atoms with Crippen molar-refractivity contribution < 1.29 is 31.8 Å². The molecule has 0 saturated carbocycles. The summed E-state index contributed by atoms with van der Waals surface area (Å²) in [6.45, 7) is 2.24. The van der Waals surface area contributed by atoms with E-state index < -0.39 is 18.6 Å². The number of carbonyl (C=O) groups excluding carboxylic acids is 1. The van der Waals surface area contributed by atoms with Gasteiger partial charge in [0.2, 0.25) is 5.88 Å². The van der Waals surface area contributed by atoms with Gasteiger partial charge in [-0.05, 0) is 60.8 Å². The van der Waals surface area contributed by atoms with Crippen molar-refractivity contribution in [3.05, 3.63) is 65.2 Å². The minimum Gasteiger partial charge on any atom is -0.468 e. The van der Waals surface area contributed by atoms with Crippen LogP contribution in [0.25, 0.3) is 10.9 Å². The first kappa shape index (κ1) is 26.0. The number of carbonyl (C=O) groups is 1. The summed E-state index contributed by atoms with van der Waals surface area (Å²) in [7, 11) is 0. The van der Waals surface area contributed by atoms with Gasteiger partial charge in [0.25, 0.3) is 0 Å². The number of alkyl halides is 3. The van der Waals surface area contributed by atoms with Crippen LogP contribution >= 0.6 is 0 Å². The summed E-state index contributed by atoms with van der Waals surface area (Å²) in [6.07, 6.45) is 0.230. The van der Waals surface area contributed by atoms with Gasteiger partial charge in [0.05, 0.1) is 0 Å². The number of hydrogen-bond donors (Lipinski definition) is 0. The molecule has 0 amide bonds. The van der Waals surface area contributed by atoms with Gasteiger partial charge in [0.1, 0.15) is 17.0 Å². The zero-order valence-corrected chi connectivity index (χ0v) is 20.0. The van der Waals surface area contributed by atoms with Crippen molar-refractivity contribution in [3.8, 4) is 5.88 Å². The van der Waals surface area contributed by atoms with Crippen LogP contribution in [0, 0.1) is 17.7 Å². The first-order valence-corrected chi connectivity index (χ1v) is 12.0. The van der Waals surface area contributed by atoms with E-state index in [1.54, 1.807) is 24.3 Å². The number of pyridine rings is 2. The molecule has 1 fully saturated rings. The molecule has 1 unspecified atom stereocenters. The minimum atomic E-state index is -4.45. The van der Waals surface area contributed by atoms with Crippen LogP contribution in [0.15, 0.2) is 42.6 Å². The van der Waals surface area contributed by atoms with Gasteiger partial charge in [-0.1, -0.05) is 25.1 Å². The molecular formula is C27H28F4N2O3. The Morgan fingerprint density at radius 1 is 1.22 bits per heavy atom. The van der Waals surface area contributed by atoms with E-state index in [2.05, 4.69) is 21.6 Å². The molecule has 1 aliphatic heterocycles. The number of benzene rings is 1. The van der Waals surface area contributed by atoms with E-state index in [-0.39, 0.29) is 22.9 Å². The van der Waals surface area contributed by atoms with E-state index >= 15 is 0 Å². The molecule has 1 aromatic carbocycles. The Bertz CT molecular complexity index is 1200. The number of fused-ring (bicyclic) bond motifs is 1. The Morgan fingerprint density at radius 2 is 2.06 bits per heavy atom. The van der Waals surface area contributed by atoms with Gasteiger partial charge in [-0.3, -0.25) is 4.79 Å². The number of halogens is 4. The topological polar surface area (TPSA) is 61.3 Å². The summed E-state index contributed by atoms with van der Waals surface area (Å²) in [5.74, 6) is 0.187. The average Bonchev–Trinajstić information content (AvgIpc) is 2.84. The van der Waals surface area contributed by atoms with Crippen LogP contribution in [0.4, 0.5) is 17.6 Å². The molecule has 3 aromatic rings. The van der Waals surface area contributed by atoms with Crippen molar-refractivity contribution >= 4 is 16.7 Å². The highest BCUT2D eigenvalue weighted by molar-refractivity contribution is 5.97. The number of Topliss-reactive ketones (excluding diaryl/α,β-unsaturated/α-hetero) is 1. The van der Waals surface area contributed by atoms with Gasteiger partial charge in [-0.2, -0.15) is 13.2 Å². The van der Waals surface area contributed by atoms with E-state index in [1.165, 1.54) is 18.3 Å². The Hall–Kier alpha value is -3.07. The summed E-state index contributed by atoms with van der Waals surface area (Å²) in [5.41, 5.74) is 1.69. The second-order valence-corrected chi connectivity index (χ2v) is 9.30. The third kappa shape index (κ3) is 6.78. The van der Waals surface area contributed by atoms with E-state index in [9.17, 15) is 22.4 Å². The minimum absolute atomic E-state index is 0.120. The molecule has 0 radical (unpaired) electrons. The second kappa shape index (κ2) is 11.3. The monoisotopic (exact) mass is 504 g/mol. The van der Waals surface area contributed by atoms with Gasteiger partial charge >= 0.3 is 6.18 Å². The van der Waals surface area contributed by atoms with Crippen LogP contribution in [0.3, 0.4) is 0 Å². The number of ether oxygens (including phenoxy) is 2. The van der Waals surface area contributed by atoms with Gasteiger partial charge in [-0.15, -0.1) is 0 Å². The zero-order valence-electron chi connectivity index (χ0n) is 20.0. The fourth-order valence-electron chi connectivity index (χ4n) is 4.56. The highest BCUT2D eigenvalue weighted by atomic mass is 19.4. The van der Waals surface area contributed by atoms with Crippen LogP contribution in [0.1, 0.15) is 54.2 Å². The predicted molar refractivity (Wildman–Crippen MR) is 127 cm³/mol. The average molecular weight is 505 g/mol. The van der Waals surface area contributed by atoms with Crippen LogP contribution in [-0.2, 0) is 11.2 Å². The van der Waals surface area contributed by atoms with Gasteiger partial charge in [-0.25, -0.2) is 14.4 Å². The first-order valence-electron chi connectivity index (χ1n) is 12.0. The molecule has 2 aromatic heterocycles. The zero-order chi connectivity index (χ0) is 25.7. The highest BCUT2D eigenvalue weighted by Crippen LogP contribution is 2.28. The molecule has 0 spiro atoms. The number of aromatic nitrogens is 2. The molecular weight excluding hydrogens is 476 g/mol. The summed E-state index contributed by atoms with van der Waals surface area (Å²) >= 11 is 0. The lowest BCUT2D eigenvalue weighted by atomic mass is 9.85. The molecule has 9 heteroatoms. The van der Waals surface area contributed by atoms with Crippen molar-refractivity contribution in [2.45, 2.75) is 45.2 Å². The maximum absolute atomic E-state index is 14.6. The normalized spacial score (nSPS) is 18.4. The Labute approximate surface area is 206 Å². The quantitative estimate of drug-likeness (QED) is 0.252. The van der Waals surface area contributed by atoms with E-state index in [0.717, 1.165) is 32.5 Å². The molecule has 4 rings (SSSR count). The molecule has 2 atom stereocenters. The molecule has 36 heavy (non-hydrogen) atoms. The third-order valence-electron chi connectivity index (χ3n) is 6.53. The van der Waals surface area contributed by atoms with Crippen molar-refractivity contribution in [1.82, 2.24) is 9.97 Å². The molecule has 3 heterocycles. The van der Waals surface area contributed by atoms with Crippen LogP contribution in [0.5, 0.6) is 5.88 Å². The van der Waals surface area contributed by atoms with Gasteiger partial charge < -0.3 is 9.47 Å². The number of para-hydroxylation sites is 1. The first-order chi connectivity index (χ1) is 17.2. The molecule has 0 bridgehead atoms. The standard InChI is InChI=1S/C27H28F4N2O3/c1-17-15-35-11-10-19(17)4-2-7-24(34)23-13-20(21-5-3-6-22(28)26(21)33-23)12-18-8-9-25(32-14-18)36-16-27(29,30)31/h3,5-6,8-9,13-14,17,19H,2,4,7,10-12,15-16H2,1H3/t17-,19?/m0/s1. The van der Waals surface area contributed by atoms with Gasteiger partial charge in [0.15, 0.2) is 12.4 Å². The maximum Gasteiger partial charge on any atom is 0.422 e. The van der Waals surface area contributed by atoms with Crippen LogP contribution in [0.2, 0.25) is 0 Å². The fourth-order valence-corrected chi connectivity index (χ4v) is 4.56. The smallest absolute Gasteiger partial charge is 0.422 e. The number of hydrogen-bond acceptors (Lipinski definition) is 5. The highest BCUT2D eigenvalue weighted by Gasteiger charge is 2.28. The fraction of sp³-hybridized carbons (Fsp3) is 0.444. The third-order valence-corrected chi connectivity index (χ3v) is 6.53. The Morgan fingerprint density at radius 3 is 2.78 bits per heavy atom. The summed E-state index contributed by atoms with van der Waals surface area (Å²) < 4.78 is 61.8. The number of nitrogens with zero attached hydrogens (tertiary/aromatic N) is 2. The van der Waals surface area contributed by atoms with Crippen molar-refractivity contribution in [2.24, 2.45) is 11.8 Å². The molecule has 1 saturated heterocycles. The van der Waals surface area contributed by atoms with Crippen molar-refractivity contribution in [2.75, 3.05) is 19.8 Å². The summed E-state index contributed by atoms with van der Waals surface area (Å²) in [6, 6.07) is 9.24. The van der Waals surface area contributed by atoms with E-state index in [0.29, 0.717) is 41.2 Å².